The molecule has 14 heavy (non-hydrogen) atoms. The van der Waals surface area contributed by atoms with E-state index in [-0.39, 0.29) is 11.3 Å². The number of nitro groups is 1. The molecule has 0 saturated carbocycles. The highest BCUT2D eigenvalue weighted by atomic mass is 16.6. The summed E-state index contributed by atoms with van der Waals surface area (Å²) in [6, 6.07) is 2.73. The molecular formula is C9H9NO4. The lowest BCUT2D eigenvalue weighted by molar-refractivity contribution is -0.385. The van der Waals surface area contributed by atoms with Crippen molar-refractivity contribution in [2.24, 2.45) is 0 Å². The Balaban J connectivity index is 3.42. The first-order valence-corrected chi connectivity index (χ1v) is 3.89. The summed E-state index contributed by atoms with van der Waals surface area (Å²) < 4.78 is 4.90. The molecule has 0 aliphatic rings. The highest BCUT2D eigenvalue weighted by molar-refractivity contribution is 5.83. The molecular weight excluding hydrogens is 186 g/mol. The molecule has 0 fully saturated rings. The summed E-state index contributed by atoms with van der Waals surface area (Å²) in [4.78, 5) is 20.7. The molecule has 1 rings (SSSR count). The van der Waals surface area contributed by atoms with Crippen molar-refractivity contribution in [2.45, 2.75) is 6.92 Å². The van der Waals surface area contributed by atoms with E-state index in [1.54, 1.807) is 0 Å². The van der Waals surface area contributed by atoms with Gasteiger partial charge in [0.25, 0.3) is 5.69 Å². The Morgan fingerprint density at radius 3 is 2.57 bits per heavy atom. The van der Waals surface area contributed by atoms with Crippen molar-refractivity contribution in [3.8, 4) is 5.75 Å². The van der Waals surface area contributed by atoms with Crippen molar-refractivity contribution in [3.63, 3.8) is 0 Å². The maximum atomic E-state index is 10.7. The predicted octanol–water partition coefficient (Wildman–Crippen LogP) is 1.72. The summed E-state index contributed by atoms with van der Waals surface area (Å²) in [5, 5.41) is 10.5. The van der Waals surface area contributed by atoms with Gasteiger partial charge in [0.15, 0.2) is 6.29 Å². The van der Waals surface area contributed by atoms with Crippen LogP contribution in [0.1, 0.15) is 15.9 Å². The summed E-state index contributed by atoms with van der Waals surface area (Å²) >= 11 is 0. The molecule has 0 spiro atoms. The Morgan fingerprint density at radius 1 is 1.50 bits per heavy atom. The second-order valence-electron chi connectivity index (χ2n) is 2.70. The monoisotopic (exact) mass is 195 g/mol. The minimum absolute atomic E-state index is 0.0760. The lowest BCUT2D eigenvalue weighted by Gasteiger charge is -2.05. The van der Waals surface area contributed by atoms with Gasteiger partial charge in [-0.3, -0.25) is 14.9 Å². The minimum atomic E-state index is -0.526. The summed E-state index contributed by atoms with van der Waals surface area (Å²) in [6.45, 7) is 1.52. The highest BCUT2D eigenvalue weighted by Crippen LogP contribution is 2.27. The SMILES string of the molecule is COc1ccc([N+](=O)[O-])c(C)c1C=O. The number of methoxy groups -OCH3 is 1. The van der Waals surface area contributed by atoms with Crippen LogP contribution >= 0.6 is 0 Å². The van der Waals surface area contributed by atoms with Gasteiger partial charge in [-0.15, -0.1) is 0 Å². The Labute approximate surface area is 80.5 Å². The zero-order valence-electron chi connectivity index (χ0n) is 7.81. The first kappa shape index (κ1) is 10.2. The number of nitro benzene ring substituents is 1. The van der Waals surface area contributed by atoms with Gasteiger partial charge in [-0.05, 0) is 13.0 Å². The first-order valence-electron chi connectivity index (χ1n) is 3.89. The van der Waals surface area contributed by atoms with E-state index in [1.807, 2.05) is 0 Å². The number of benzene rings is 1. The quantitative estimate of drug-likeness (QED) is 0.418. The van der Waals surface area contributed by atoms with Crippen LogP contribution in [-0.2, 0) is 0 Å². The molecule has 0 aromatic heterocycles. The number of carbonyl (C=O) groups is 1. The smallest absolute Gasteiger partial charge is 0.273 e. The number of nitrogens with zero attached hydrogens (tertiary/aromatic N) is 1. The van der Waals surface area contributed by atoms with Gasteiger partial charge < -0.3 is 4.74 Å². The average molecular weight is 195 g/mol. The Hall–Kier alpha value is -1.91. The van der Waals surface area contributed by atoms with Crippen LogP contribution in [0.5, 0.6) is 5.75 Å². The fraction of sp³-hybridized carbons (Fsp3) is 0.222. The fourth-order valence-corrected chi connectivity index (χ4v) is 1.21. The van der Waals surface area contributed by atoms with Crippen molar-refractivity contribution < 1.29 is 14.5 Å². The largest absolute Gasteiger partial charge is 0.496 e. The van der Waals surface area contributed by atoms with Crippen LogP contribution in [-0.4, -0.2) is 18.3 Å². The molecule has 5 nitrogen and oxygen atoms in total. The molecule has 0 amide bonds. The van der Waals surface area contributed by atoms with Gasteiger partial charge in [-0.2, -0.15) is 0 Å². The predicted molar refractivity (Wildman–Crippen MR) is 49.8 cm³/mol. The number of hydrogen-bond donors (Lipinski definition) is 0. The molecule has 0 saturated heterocycles. The summed E-state index contributed by atoms with van der Waals surface area (Å²) in [5.41, 5.74) is 0.471. The van der Waals surface area contributed by atoms with Crippen LogP contribution in [0.15, 0.2) is 12.1 Å². The molecule has 0 atom stereocenters. The maximum Gasteiger partial charge on any atom is 0.273 e. The van der Waals surface area contributed by atoms with Crippen molar-refractivity contribution >= 4 is 12.0 Å². The molecule has 0 N–H and O–H groups in total. The molecule has 5 heteroatoms. The van der Waals surface area contributed by atoms with Crippen LogP contribution in [0, 0.1) is 17.0 Å². The van der Waals surface area contributed by atoms with Gasteiger partial charge >= 0.3 is 0 Å². The van der Waals surface area contributed by atoms with Crippen molar-refractivity contribution in [3.05, 3.63) is 33.4 Å². The Morgan fingerprint density at radius 2 is 2.14 bits per heavy atom. The molecule has 1 aromatic rings. The topological polar surface area (TPSA) is 69.4 Å². The number of aldehydes is 1. The lowest BCUT2D eigenvalue weighted by atomic mass is 10.1. The van der Waals surface area contributed by atoms with Gasteiger partial charge in [0.1, 0.15) is 5.75 Å². The zero-order valence-corrected chi connectivity index (χ0v) is 7.81. The zero-order chi connectivity index (χ0) is 10.7. The van der Waals surface area contributed by atoms with E-state index in [1.165, 1.54) is 26.2 Å². The molecule has 0 aliphatic carbocycles. The van der Waals surface area contributed by atoms with E-state index in [2.05, 4.69) is 0 Å². The first-order chi connectivity index (χ1) is 6.61. The third-order valence-electron chi connectivity index (χ3n) is 1.98. The normalized spacial score (nSPS) is 9.57. The van der Waals surface area contributed by atoms with E-state index < -0.39 is 4.92 Å². The van der Waals surface area contributed by atoms with E-state index in [0.29, 0.717) is 17.6 Å². The van der Waals surface area contributed by atoms with Crippen LogP contribution in [0.4, 0.5) is 5.69 Å². The van der Waals surface area contributed by atoms with Crippen LogP contribution in [0.2, 0.25) is 0 Å². The molecule has 0 heterocycles. The van der Waals surface area contributed by atoms with Gasteiger partial charge in [-0.1, -0.05) is 0 Å². The lowest BCUT2D eigenvalue weighted by Crippen LogP contribution is -1.98. The van der Waals surface area contributed by atoms with Crippen molar-refractivity contribution in [1.82, 2.24) is 0 Å². The number of ether oxygens (including phenoxy) is 1. The fourth-order valence-electron chi connectivity index (χ4n) is 1.21. The standard InChI is InChI=1S/C9H9NO4/c1-6-7(5-11)9(14-2)4-3-8(6)10(12)13/h3-5H,1-2H3. The summed E-state index contributed by atoms with van der Waals surface area (Å²) in [6.07, 6.45) is 0.557. The van der Waals surface area contributed by atoms with E-state index in [9.17, 15) is 14.9 Å². The Kier molecular flexibility index (Phi) is 2.81. The molecule has 0 radical (unpaired) electrons. The van der Waals surface area contributed by atoms with Crippen LogP contribution in [0.25, 0.3) is 0 Å². The van der Waals surface area contributed by atoms with Crippen LogP contribution in [0.3, 0.4) is 0 Å². The van der Waals surface area contributed by atoms with E-state index in [0.717, 1.165) is 0 Å². The van der Waals surface area contributed by atoms with E-state index in [4.69, 9.17) is 4.74 Å². The number of hydrogen-bond acceptors (Lipinski definition) is 4. The molecule has 0 bridgehead atoms. The minimum Gasteiger partial charge on any atom is -0.496 e. The molecule has 0 aliphatic heterocycles. The second-order valence-corrected chi connectivity index (χ2v) is 2.70. The third kappa shape index (κ3) is 1.56. The highest BCUT2D eigenvalue weighted by Gasteiger charge is 2.16. The van der Waals surface area contributed by atoms with Gasteiger partial charge in [0, 0.05) is 11.6 Å². The van der Waals surface area contributed by atoms with E-state index >= 15 is 0 Å². The average Bonchev–Trinajstić information content (AvgIpc) is 2.16. The third-order valence-corrected chi connectivity index (χ3v) is 1.98. The second kappa shape index (κ2) is 3.87. The van der Waals surface area contributed by atoms with Crippen molar-refractivity contribution in [2.75, 3.05) is 7.11 Å². The number of carbonyl (C=O) groups excluding carboxylic acids is 1. The molecule has 0 unspecified atom stereocenters. The van der Waals surface area contributed by atoms with Gasteiger partial charge in [0.05, 0.1) is 17.6 Å². The summed E-state index contributed by atoms with van der Waals surface area (Å²) in [7, 11) is 1.41. The Bertz CT molecular complexity index is 387. The van der Waals surface area contributed by atoms with Crippen LogP contribution < -0.4 is 4.74 Å². The van der Waals surface area contributed by atoms with Gasteiger partial charge in [0.2, 0.25) is 0 Å². The summed E-state index contributed by atoms with van der Waals surface area (Å²) in [5.74, 6) is 0.350. The number of rotatable bonds is 3. The van der Waals surface area contributed by atoms with Crippen molar-refractivity contribution in [1.29, 1.82) is 0 Å². The maximum absolute atomic E-state index is 10.7. The molecule has 74 valence electrons. The molecule has 1 aromatic carbocycles. The van der Waals surface area contributed by atoms with Gasteiger partial charge in [-0.25, -0.2) is 0 Å².